The molecule has 4 aliphatic heterocycles. The zero-order valence-corrected chi connectivity index (χ0v) is 19.0. The fourth-order valence-corrected chi connectivity index (χ4v) is 5.17. The maximum Gasteiger partial charge on any atom is 0.255 e. The Bertz CT molecular complexity index is 893. The van der Waals surface area contributed by atoms with Crippen LogP contribution in [0.15, 0.2) is 18.2 Å². The summed E-state index contributed by atoms with van der Waals surface area (Å²) in [4.78, 5) is 37.6. The largest absolute Gasteiger partial charge is 0.490 e. The van der Waals surface area contributed by atoms with Gasteiger partial charge in [0.25, 0.3) is 5.91 Å². The molecule has 178 valence electrons. The van der Waals surface area contributed by atoms with Gasteiger partial charge in [-0.2, -0.15) is 0 Å². The number of nitrogens with zero attached hydrogens (tertiary/aromatic N) is 1. The number of fused-ring (bicyclic) bond motifs is 1. The average molecular weight is 456 g/mol. The molecule has 0 aromatic heterocycles. The Kier molecular flexibility index (Phi) is 6.64. The van der Waals surface area contributed by atoms with Crippen molar-refractivity contribution >= 4 is 17.7 Å². The van der Waals surface area contributed by atoms with Crippen LogP contribution in [0.1, 0.15) is 60.9 Å². The number of hydrogen-bond donors (Lipinski definition) is 2. The second-order valence-corrected chi connectivity index (χ2v) is 9.81. The first-order valence-electron chi connectivity index (χ1n) is 12.3. The molecule has 1 saturated carbocycles. The number of carbonyl (C=O) groups is 3. The Morgan fingerprint density at radius 3 is 2.36 bits per heavy atom. The van der Waals surface area contributed by atoms with Crippen LogP contribution in [0.4, 0.5) is 0 Å². The van der Waals surface area contributed by atoms with Crippen molar-refractivity contribution in [1.82, 2.24) is 15.5 Å². The molecule has 3 amide bonds. The highest BCUT2D eigenvalue weighted by Crippen LogP contribution is 2.31. The average Bonchev–Trinajstić information content (AvgIpc) is 3.06. The molecule has 2 N–H and O–H groups in total. The van der Waals surface area contributed by atoms with Crippen LogP contribution in [0.25, 0.3) is 0 Å². The van der Waals surface area contributed by atoms with Crippen molar-refractivity contribution in [3.05, 3.63) is 29.3 Å². The molecule has 5 aliphatic rings. The second kappa shape index (κ2) is 9.81. The van der Waals surface area contributed by atoms with Gasteiger partial charge in [-0.15, -0.1) is 0 Å². The highest BCUT2D eigenvalue weighted by atomic mass is 16.5. The Morgan fingerprint density at radius 1 is 0.970 bits per heavy atom. The topological polar surface area (TPSA) is 97.0 Å². The number of ether oxygens (including phenoxy) is 2. The third kappa shape index (κ3) is 4.92. The van der Waals surface area contributed by atoms with Gasteiger partial charge in [-0.3, -0.25) is 19.7 Å². The van der Waals surface area contributed by atoms with Crippen LogP contribution >= 0.6 is 0 Å². The van der Waals surface area contributed by atoms with E-state index in [2.05, 4.69) is 10.6 Å². The van der Waals surface area contributed by atoms with Crippen LogP contribution in [-0.2, 0) is 20.9 Å². The third-order valence-corrected chi connectivity index (χ3v) is 7.49. The second-order valence-electron chi connectivity index (χ2n) is 9.81. The van der Waals surface area contributed by atoms with Crippen molar-refractivity contribution in [3.63, 3.8) is 0 Å². The monoisotopic (exact) mass is 455 g/mol. The van der Waals surface area contributed by atoms with E-state index in [0.29, 0.717) is 18.5 Å². The number of imide groups is 1. The van der Waals surface area contributed by atoms with E-state index >= 15 is 0 Å². The molecule has 0 bridgehead atoms. The lowest BCUT2D eigenvalue weighted by atomic mass is 9.86. The Morgan fingerprint density at radius 2 is 1.76 bits per heavy atom. The first-order chi connectivity index (χ1) is 16.1. The normalized spacial score (nSPS) is 26.0. The molecule has 33 heavy (non-hydrogen) atoms. The van der Waals surface area contributed by atoms with Gasteiger partial charge in [-0.1, -0.05) is 6.42 Å². The lowest BCUT2D eigenvalue weighted by molar-refractivity contribution is -0.136. The molecule has 1 aliphatic carbocycles. The molecule has 8 heteroatoms. The van der Waals surface area contributed by atoms with Gasteiger partial charge < -0.3 is 19.7 Å². The number of nitrogens with one attached hydrogen (secondary N) is 2. The molecule has 6 rings (SSSR count). The van der Waals surface area contributed by atoms with Crippen molar-refractivity contribution < 1.29 is 23.9 Å². The summed E-state index contributed by atoms with van der Waals surface area (Å²) < 4.78 is 11.1. The van der Waals surface area contributed by atoms with Gasteiger partial charge in [0.05, 0.1) is 19.3 Å². The highest BCUT2D eigenvalue weighted by Gasteiger charge is 2.39. The minimum Gasteiger partial charge on any atom is -0.490 e. The lowest BCUT2D eigenvalue weighted by Gasteiger charge is -2.39. The molecule has 1 unspecified atom stereocenters. The Balaban J connectivity index is 0.000000238. The van der Waals surface area contributed by atoms with E-state index < -0.39 is 6.04 Å². The van der Waals surface area contributed by atoms with E-state index in [1.165, 1.54) is 32.4 Å². The Hall–Kier alpha value is -2.45. The fraction of sp³-hybridized carbons (Fsp3) is 0.640. The summed E-state index contributed by atoms with van der Waals surface area (Å²) >= 11 is 0. The number of rotatable bonds is 4. The standard InChI is InChI=1S/C19H22N2O4.C6H11NO/c22-17-9-8-16(18(23)20-17)21-11-12-10-14(6-7-15(12)19(21)24)25-13-4-2-1-3-5-13;1-5(2-7-1)6-3-8-4-6/h6-7,10,13,16H,1-5,8-9,11H2,(H,20,22,23);5-7H,1-4H2. The minimum absolute atomic E-state index is 0.145. The first kappa shape index (κ1) is 22.3. The lowest BCUT2D eigenvalue weighted by Crippen LogP contribution is -2.52. The maximum absolute atomic E-state index is 12.6. The summed E-state index contributed by atoms with van der Waals surface area (Å²) in [6.45, 7) is 4.89. The van der Waals surface area contributed by atoms with Gasteiger partial charge in [-0.25, -0.2) is 0 Å². The SMILES string of the molecule is C1NCC1C1COC1.O=C1CCC(N2Cc3cc(OC4CCCCC4)ccc3C2=O)C(=O)N1. The van der Waals surface area contributed by atoms with Crippen molar-refractivity contribution in [3.8, 4) is 5.75 Å². The van der Waals surface area contributed by atoms with Crippen molar-refractivity contribution in [2.24, 2.45) is 11.8 Å². The van der Waals surface area contributed by atoms with Gasteiger partial charge in [0.1, 0.15) is 11.8 Å². The fourth-order valence-electron chi connectivity index (χ4n) is 5.17. The van der Waals surface area contributed by atoms with E-state index in [1.54, 1.807) is 11.0 Å². The number of hydrogen-bond acceptors (Lipinski definition) is 6. The molecule has 4 fully saturated rings. The summed E-state index contributed by atoms with van der Waals surface area (Å²) in [5.74, 6) is 1.85. The number of piperidine rings is 1. The van der Waals surface area contributed by atoms with Crippen LogP contribution in [-0.4, -0.2) is 61.1 Å². The van der Waals surface area contributed by atoms with Crippen molar-refractivity contribution in [2.45, 2.75) is 63.6 Å². The Labute approximate surface area is 194 Å². The number of amides is 3. The summed E-state index contributed by atoms with van der Waals surface area (Å²) in [7, 11) is 0. The minimum atomic E-state index is -0.569. The van der Waals surface area contributed by atoms with Crippen LogP contribution in [0.2, 0.25) is 0 Å². The molecule has 1 aromatic carbocycles. The summed E-state index contributed by atoms with van der Waals surface area (Å²) in [5, 5.41) is 5.58. The van der Waals surface area contributed by atoms with Crippen LogP contribution < -0.4 is 15.4 Å². The molecule has 1 aromatic rings. The highest BCUT2D eigenvalue weighted by molar-refractivity contribution is 6.05. The quantitative estimate of drug-likeness (QED) is 0.675. The first-order valence-corrected chi connectivity index (χ1v) is 12.3. The van der Waals surface area contributed by atoms with Gasteiger partial charge in [0.15, 0.2) is 0 Å². The molecular formula is C25H33N3O5. The van der Waals surface area contributed by atoms with E-state index in [0.717, 1.165) is 49.2 Å². The van der Waals surface area contributed by atoms with Crippen LogP contribution in [0.5, 0.6) is 5.75 Å². The van der Waals surface area contributed by atoms with Crippen LogP contribution in [0, 0.1) is 11.8 Å². The molecule has 0 spiro atoms. The zero-order valence-electron chi connectivity index (χ0n) is 19.0. The van der Waals surface area contributed by atoms with E-state index in [1.807, 2.05) is 12.1 Å². The summed E-state index contributed by atoms with van der Waals surface area (Å²) in [6.07, 6.45) is 6.77. The summed E-state index contributed by atoms with van der Waals surface area (Å²) in [6, 6.07) is 5.00. The molecule has 3 saturated heterocycles. The van der Waals surface area contributed by atoms with Crippen molar-refractivity contribution in [2.75, 3.05) is 26.3 Å². The van der Waals surface area contributed by atoms with Crippen LogP contribution in [0.3, 0.4) is 0 Å². The molecule has 0 radical (unpaired) electrons. The smallest absolute Gasteiger partial charge is 0.255 e. The van der Waals surface area contributed by atoms with Gasteiger partial charge in [0.2, 0.25) is 11.8 Å². The third-order valence-electron chi connectivity index (χ3n) is 7.49. The number of carbonyl (C=O) groups excluding carboxylic acids is 3. The predicted molar refractivity (Wildman–Crippen MR) is 121 cm³/mol. The number of benzene rings is 1. The molecule has 1 atom stereocenters. The molecule has 4 heterocycles. The maximum atomic E-state index is 12.6. The molecular weight excluding hydrogens is 422 g/mol. The van der Waals surface area contributed by atoms with E-state index in [4.69, 9.17) is 9.47 Å². The van der Waals surface area contributed by atoms with E-state index in [-0.39, 0.29) is 30.2 Å². The van der Waals surface area contributed by atoms with Gasteiger partial charge in [-0.05, 0) is 74.9 Å². The van der Waals surface area contributed by atoms with E-state index in [9.17, 15) is 14.4 Å². The van der Waals surface area contributed by atoms with Gasteiger partial charge in [0, 0.05) is 24.4 Å². The van der Waals surface area contributed by atoms with Gasteiger partial charge >= 0.3 is 0 Å². The predicted octanol–water partition coefficient (Wildman–Crippen LogP) is 2.01. The molecule has 8 nitrogen and oxygen atoms in total. The summed E-state index contributed by atoms with van der Waals surface area (Å²) in [5.41, 5.74) is 1.52. The van der Waals surface area contributed by atoms with Crippen molar-refractivity contribution in [1.29, 1.82) is 0 Å². The zero-order chi connectivity index (χ0) is 22.8.